The number of benzene rings is 2. The first-order chi connectivity index (χ1) is 15.6. The van der Waals surface area contributed by atoms with Crippen LogP contribution in [0.4, 0.5) is 5.69 Å². The number of carbonyl (C=O) groups is 1. The maximum absolute atomic E-state index is 12.1. The van der Waals surface area contributed by atoms with Gasteiger partial charge in [-0.15, -0.1) is 0 Å². The lowest BCUT2D eigenvalue weighted by Gasteiger charge is -2.43. The van der Waals surface area contributed by atoms with E-state index in [1.54, 1.807) is 0 Å². The number of allylic oxidation sites excluding steroid dienone is 4. The van der Waals surface area contributed by atoms with Crippen LogP contribution < -0.4 is 4.90 Å². The van der Waals surface area contributed by atoms with E-state index < -0.39 is 0 Å². The minimum Gasteiger partial charge on any atom is -0.357 e. The second-order valence-corrected chi connectivity index (χ2v) is 8.96. The van der Waals surface area contributed by atoms with Crippen LogP contribution in [0, 0.1) is 6.92 Å². The molecule has 0 fully saturated rings. The number of carbonyl (C=O) groups excluding carboxylic acids is 1. The van der Waals surface area contributed by atoms with Crippen LogP contribution in [0.1, 0.15) is 35.6 Å². The van der Waals surface area contributed by atoms with E-state index in [1.165, 1.54) is 16.6 Å². The van der Waals surface area contributed by atoms with Gasteiger partial charge in [-0.2, -0.15) is 0 Å². The Morgan fingerprint density at radius 2 is 2.03 bits per heavy atom. The monoisotopic (exact) mass is 535 g/mol. The molecule has 2 aromatic carbocycles. The largest absolute Gasteiger partial charge is 0.357 e. The molecule has 0 N–H and O–H groups in total. The van der Waals surface area contributed by atoms with Crippen molar-refractivity contribution in [2.24, 2.45) is 0 Å². The van der Waals surface area contributed by atoms with Crippen molar-refractivity contribution in [2.45, 2.75) is 43.1 Å². The Bertz CT molecular complexity index is 1020. The van der Waals surface area contributed by atoms with Crippen LogP contribution >= 0.6 is 22.6 Å². The van der Waals surface area contributed by atoms with Crippen molar-refractivity contribution >= 4 is 41.8 Å². The lowest BCUT2D eigenvalue weighted by Crippen LogP contribution is -2.42. The summed E-state index contributed by atoms with van der Waals surface area (Å²) in [6.45, 7) is 8.08. The maximum Gasteiger partial charge on any atom is 0.154 e. The lowest BCUT2D eigenvalue weighted by molar-refractivity contribution is -0.105. The minimum absolute atomic E-state index is 0.0844. The predicted octanol–water partition coefficient (Wildman–Crippen LogP) is 6.88. The van der Waals surface area contributed by atoms with Crippen LogP contribution in [-0.2, 0) is 9.22 Å². The Labute approximate surface area is 207 Å². The van der Waals surface area contributed by atoms with Gasteiger partial charge in [0.15, 0.2) is 7.28 Å². The molecule has 0 spiro atoms. The van der Waals surface area contributed by atoms with Gasteiger partial charge in [-0.25, -0.2) is 0 Å². The second kappa shape index (κ2) is 12.1. The van der Waals surface area contributed by atoms with Gasteiger partial charge in [0.2, 0.25) is 0 Å². The van der Waals surface area contributed by atoms with Gasteiger partial charge < -0.3 is 4.90 Å². The lowest BCUT2D eigenvalue weighted by atomic mass is 9.71. The zero-order valence-electron chi connectivity index (χ0n) is 19.0. The van der Waals surface area contributed by atoms with E-state index in [9.17, 15) is 4.79 Å². The number of aryl methyl sites for hydroxylation is 1. The van der Waals surface area contributed by atoms with E-state index in [0.717, 1.165) is 47.7 Å². The predicted molar refractivity (Wildman–Crippen MR) is 148 cm³/mol. The second-order valence-electron chi connectivity index (χ2n) is 8.20. The minimum atomic E-state index is -0.0844. The van der Waals surface area contributed by atoms with Gasteiger partial charge >= 0.3 is 0 Å². The van der Waals surface area contributed by atoms with Gasteiger partial charge in [-0.1, -0.05) is 114 Å². The summed E-state index contributed by atoms with van der Waals surface area (Å²) in [5.41, 5.74) is 6.99. The number of hydrogen-bond acceptors (Lipinski definition) is 2. The molecule has 3 rings (SSSR count). The van der Waals surface area contributed by atoms with Crippen molar-refractivity contribution in [1.29, 1.82) is 0 Å². The Balaban J connectivity index is 2.07. The molecule has 1 heterocycles. The smallest absolute Gasteiger partial charge is 0.154 e. The zero-order chi connectivity index (χ0) is 22.9. The fourth-order valence-corrected chi connectivity index (χ4v) is 4.82. The first-order valence-corrected chi connectivity index (χ1v) is 12.8. The van der Waals surface area contributed by atoms with Gasteiger partial charge in [0.1, 0.15) is 6.29 Å². The summed E-state index contributed by atoms with van der Waals surface area (Å²) in [5.74, 6) is 0. The summed E-state index contributed by atoms with van der Waals surface area (Å²) in [5, 5.41) is 0. The number of hydrogen-bond donors (Lipinski definition) is 0. The van der Waals surface area contributed by atoms with Gasteiger partial charge in [0.05, 0.1) is 6.04 Å². The summed E-state index contributed by atoms with van der Waals surface area (Å²) < 4.78 is 0.987. The third-order valence-corrected chi connectivity index (χ3v) is 6.88. The fourth-order valence-electron chi connectivity index (χ4n) is 4.31. The van der Waals surface area contributed by atoms with Crippen molar-refractivity contribution in [2.75, 3.05) is 4.90 Å². The molecule has 2 atom stereocenters. The van der Waals surface area contributed by atoms with E-state index in [-0.39, 0.29) is 12.1 Å². The number of halogens is 1. The zero-order valence-corrected chi connectivity index (χ0v) is 21.2. The molecule has 0 aliphatic carbocycles. The molecule has 4 heteroatoms. The number of aldehydes is 1. The maximum atomic E-state index is 12.1. The normalized spacial score (nSPS) is 19.0. The Morgan fingerprint density at radius 3 is 2.66 bits per heavy atom. The van der Waals surface area contributed by atoms with Crippen LogP contribution in [0.15, 0.2) is 96.5 Å². The summed E-state index contributed by atoms with van der Waals surface area (Å²) in [6, 6.07) is 17.5. The fraction of sp³-hybridized carbons (Fsp3) is 0.250. The quantitative estimate of drug-likeness (QED) is 0.115. The van der Waals surface area contributed by atoms with Gasteiger partial charge in [-0.3, -0.25) is 4.79 Å². The highest BCUT2D eigenvalue weighted by atomic mass is 127. The van der Waals surface area contributed by atoms with Crippen molar-refractivity contribution < 1.29 is 4.79 Å². The van der Waals surface area contributed by atoms with Crippen molar-refractivity contribution in [3.8, 4) is 0 Å². The van der Waals surface area contributed by atoms with Crippen LogP contribution in [0.2, 0.25) is 6.82 Å². The SMILES string of the molecule is C=C/C=C\C(BC)=C/CC1CC=C(C=O)C(c2cccc(C)c2)N1c1ccc(CI)cc1. The molecule has 164 valence electrons. The van der Waals surface area contributed by atoms with E-state index >= 15 is 0 Å². The molecule has 0 bridgehead atoms. The summed E-state index contributed by atoms with van der Waals surface area (Å²) in [7, 11) is 0.984. The molecule has 1 aliphatic rings. The van der Waals surface area contributed by atoms with Crippen LogP contribution in [0.3, 0.4) is 0 Å². The van der Waals surface area contributed by atoms with Crippen molar-refractivity contribution in [3.63, 3.8) is 0 Å². The number of rotatable bonds is 9. The molecule has 0 aromatic heterocycles. The molecule has 0 radical (unpaired) electrons. The highest BCUT2D eigenvalue weighted by molar-refractivity contribution is 14.1. The molecular weight excluding hydrogens is 504 g/mol. The van der Waals surface area contributed by atoms with Crippen LogP contribution in [0.5, 0.6) is 0 Å². The molecule has 2 aromatic rings. The molecule has 1 aliphatic heterocycles. The average molecular weight is 535 g/mol. The van der Waals surface area contributed by atoms with E-state index in [2.05, 4.69) is 115 Å². The average Bonchev–Trinajstić information content (AvgIpc) is 2.83. The standard InChI is InChI=1S/C28H31BINO/c1-4-5-9-25(29-3)13-17-27-16-12-24(20-32)28(23-8-6-7-21(2)18-23)31(27)26-14-10-22(19-30)11-15-26/h4-15,18,20,27-29H,1,16-17,19H2,2-3H3/b9-5-,25-13+. The molecule has 32 heavy (non-hydrogen) atoms. The summed E-state index contributed by atoms with van der Waals surface area (Å²) in [6.07, 6.45) is 13.2. The third-order valence-electron chi connectivity index (χ3n) is 6.00. The number of anilines is 1. The molecule has 2 nitrogen and oxygen atoms in total. The van der Waals surface area contributed by atoms with Crippen LogP contribution in [-0.4, -0.2) is 19.6 Å². The molecule has 0 saturated carbocycles. The summed E-state index contributed by atoms with van der Waals surface area (Å²) >= 11 is 2.40. The highest BCUT2D eigenvalue weighted by Gasteiger charge is 2.33. The Kier molecular flexibility index (Phi) is 9.16. The first kappa shape index (κ1) is 24.3. The highest BCUT2D eigenvalue weighted by Crippen LogP contribution is 2.40. The Morgan fingerprint density at radius 1 is 1.25 bits per heavy atom. The number of nitrogens with zero attached hydrogens (tertiary/aromatic N) is 1. The van der Waals surface area contributed by atoms with E-state index in [0.29, 0.717) is 0 Å². The first-order valence-electron chi connectivity index (χ1n) is 11.2. The molecule has 2 unspecified atom stereocenters. The van der Waals surface area contributed by atoms with Gasteiger partial charge in [0, 0.05) is 21.7 Å². The number of alkyl halides is 1. The van der Waals surface area contributed by atoms with E-state index in [4.69, 9.17) is 0 Å². The molecular formula is C28H31BINO. The van der Waals surface area contributed by atoms with Crippen LogP contribution in [0.25, 0.3) is 0 Å². The summed E-state index contributed by atoms with van der Waals surface area (Å²) in [4.78, 5) is 14.6. The van der Waals surface area contributed by atoms with Crippen molar-refractivity contribution in [1.82, 2.24) is 0 Å². The van der Waals surface area contributed by atoms with Gasteiger partial charge in [-0.05, 0) is 43.0 Å². The van der Waals surface area contributed by atoms with E-state index in [1.807, 2.05) is 12.2 Å². The van der Waals surface area contributed by atoms with Crippen molar-refractivity contribution in [3.05, 3.63) is 113 Å². The molecule has 0 saturated heterocycles. The molecule has 0 amide bonds. The third kappa shape index (κ3) is 5.92. The van der Waals surface area contributed by atoms with Gasteiger partial charge in [0.25, 0.3) is 0 Å². The Hall–Kier alpha value is -2.34. The topological polar surface area (TPSA) is 20.3 Å².